The Morgan fingerprint density at radius 2 is 1.84 bits per heavy atom. The van der Waals surface area contributed by atoms with E-state index in [1.807, 2.05) is 41.3 Å². The highest BCUT2D eigenvalue weighted by atomic mass is 35.5. The van der Waals surface area contributed by atoms with Crippen molar-refractivity contribution in [1.29, 1.82) is 0 Å². The van der Waals surface area contributed by atoms with Crippen LogP contribution in [0.1, 0.15) is 47.2 Å². The van der Waals surface area contributed by atoms with Crippen molar-refractivity contribution in [3.05, 3.63) is 94.8 Å². The lowest BCUT2D eigenvalue weighted by Gasteiger charge is -2.43. The average Bonchev–Trinajstić information content (AvgIpc) is 2.85. The van der Waals surface area contributed by atoms with Crippen LogP contribution >= 0.6 is 11.6 Å². The molecule has 1 fully saturated rings. The van der Waals surface area contributed by atoms with E-state index in [1.165, 1.54) is 11.1 Å². The second-order valence-corrected chi connectivity index (χ2v) is 9.03. The maximum atomic E-state index is 13.4. The van der Waals surface area contributed by atoms with Crippen LogP contribution in [0.25, 0.3) is 0 Å². The fraction of sp³-hybridized carbons (Fsp3) is 0.346. The van der Waals surface area contributed by atoms with E-state index in [-0.39, 0.29) is 17.4 Å². The monoisotopic (exact) mass is 448 g/mol. The summed E-state index contributed by atoms with van der Waals surface area (Å²) in [6.07, 6.45) is 7.61. The van der Waals surface area contributed by atoms with Crippen LogP contribution in [0.2, 0.25) is 5.02 Å². The molecule has 1 aliphatic carbocycles. The molecule has 1 saturated carbocycles. The summed E-state index contributed by atoms with van der Waals surface area (Å²) < 4.78 is 0. The lowest BCUT2D eigenvalue weighted by molar-refractivity contribution is 0.0597. The largest absolute Gasteiger partial charge is 0.335 e. The van der Waals surface area contributed by atoms with Crippen molar-refractivity contribution in [2.45, 2.75) is 43.6 Å². The molecule has 3 aromatic rings. The van der Waals surface area contributed by atoms with Crippen LogP contribution in [0.3, 0.4) is 0 Å². The molecule has 0 unspecified atom stereocenters. The van der Waals surface area contributed by atoms with Gasteiger partial charge in [0.15, 0.2) is 0 Å². The molecule has 0 saturated heterocycles. The Balaban J connectivity index is 1.53. The van der Waals surface area contributed by atoms with Gasteiger partial charge in [-0.1, -0.05) is 54.1 Å². The third-order valence-corrected chi connectivity index (χ3v) is 6.99. The predicted molar refractivity (Wildman–Crippen MR) is 128 cm³/mol. The number of rotatable bonds is 7. The summed E-state index contributed by atoms with van der Waals surface area (Å²) in [5.74, 6) is 0.0174. The maximum absolute atomic E-state index is 13.4. The first kappa shape index (κ1) is 22.4. The second kappa shape index (κ2) is 10.2. The molecule has 4 rings (SSSR count). The molecule has 166 valence electrons. The third kappa shape index (κ3) is 5.00. The van der Waals surface area contributed by atoms with Crippen LogP contribution in [-0.4, -0.2) is 40.1 Å². The van der Waals surface area contributed by atoms with E-state index in [0.29, 0.717) is 18.7 Å². The lowest BCUT2D eigenvalue weighted by Crippen LogP contribution is -2.48. The van der Waals surface area contributed by atoms with E-state index < -0.39 is 0 Å². The number of benzene rings is 2. The molecule has 2 N–H and O–H groups in total. The third-order valence-electron chi connectivity index (χ3n) is 6.76. The van der Waals surface area contributed by atoms with Gasteiger partial charge in [-0.15, -0.1) is 0 Å². The Morgan fingerprint density at radius 1 is 1.06 bits per heavy atom. The summed E-state index contributed by atoms with van der Waals surface area (Å²) in [6.45, 7) is 1.24. The van der Waals surface area contributed by atoms with Gasteiger partial charge in [-0.05, 0) is 61.4 Å². The van der Waals surface area contributed by atoms with Gasteiger partial charge < -0.3 is 10.6 Å². The van der Waals surface area contributed by atoms with Gasteiger partial charge >= 0.3 is 0 Å². The van der Waals surface area contributed by atoms with E-state index in [9.17, 15) is 4.79 Å². The minimum absolute atomic E-state index is 0.0174. The maximum Gasteiger partial charge on any atom is 0.255 e. The van der Waals surface area contributed by atoms with E-state index in [1.54, 1.807) is 18.5 Å². The Labute approximate surface area is 194 Å². The molecule has 0 atom stereocenters. The summed E-state index contributed by atoms with van der Waals surface area (Å²) in [5.41, 5.74) is 9.21. The minimum atomic E-state index is -0.0895. The zero-order chi connectivity index (χ0) is 22.4. The first-order chi connectivity index (χ1) is 15.6. The number of nitrogens with two attached hydrogens (primary N) is 1. The normalized spacial score (nSPS) is 20.6. The Kier molecular flexibility index (Phi) is 7.18. The lowest BCUT2D eigenvalue weighted by atomic mass is 9.68. The van der Waals surface area contributed by atoms with Crippen molar-refractivity contribution in [2.75, 3.05) is 13.1 Å². The van der Waals surface area contributed by atoms with E-state index in [2.05, 4.69) is 28.4 Å². The SMILES string of the molecule is NC[C@]1(c2cccc(Cl)c2)CC[C@H](N(CCc2ccccc2)C(=O)c2ccnnc2)CC1. The van der Waals surface area contributed by atoms with Crippen LogP contribution < -0.4 is 5.73 Å². The first-order valence-electron chi connectivity index (χ1n) is 11.2. The topological polar surface area (TPSA) is 72.1 Å². The van der Waals surface area contributed by atoms with Crippen molar-refractivity contribution in [3.8, 4) is 0 Å². The van der Waals surface area contributed by atoms with Gasteiger partial charge in [0.25, 0.3) is 5.91 Å². The predicted octanol–water partition coefficient (Wildman–Crippen LogP) is 4.65. The summed E-state index contributed by atoms with van der Waals surface area (Å²) in [6, 6.07) is 20.3. The van der Waals surface area contributed by atoms with E-state index in [4.69, 9.17) is 17.3 Å². The number of carbonyl (C=O) groups excluding carboxylic acids is 1. The molecule has 1 aromatic heterocycles. The van der Waals surface area contributed by atoms with E-state index in [0.717, 1.165) is 37.1 Å². The highest BCUT2D eigenvalue weighted by Crippen LogP contribution is 2.41. The summed E-state index contributed by atoms with van der Waals surface area (Å²) >= 11 is 6.27. The molecule has 0 spiro atoms. The fourth-order valence-electron chi connectivity index (χ4n) is 4.82. The molecule has 2 aromatic carbocycles. The van der Waals surface area contributed by atoms with Crippen LogP contribution in [0.4, 0.5) is 0 Å². The highest BCUT2D eigenvalue weighted by Gasteiger charge is 2.38. The number of amides is 1. The molecule has 0 aliphatic heterocycles. The molecule has 1 amide bonds. The molecule has 32 heavy (non-hydrogen) atoms. The fourth-order valence-corrected chi connectivity index (χ4v) is 5.01. The molecular formula is C26H29ClN4O. The van der Waals surface area contributed by atoms with Gasteiger partial charge in [-0.2, -0.15) is 10.2 Å². The Bertz CT molecular complexity index is 1020. The number of hydrogen-bond acceptors (Lipinski definition) is 4. The second-order valence-electron chi connectivity index (χ2n) is 8.59. The standard InChI is InChI=1S/C26H29ClN4O/c27-23-8-4-7-22(17-23)26(19-28)13-9-24(10-14-26)31(16-12-20-5-2-1-3-6-20)25(32)21-11-15-29-30-18-21/h1-8,11,15,17-18,24H,9-10,12-14,16,19,28H2/t24-,26-. The van der Waals surface area contributed by atoms with Crippen LogP contribution in [0, 0.1) is 0 Å². The van der Waals surface area contributed by atoms with Crippen molar-refractivity contribution in [1.82, 2.24) is 15.1 Å². The van der Waals surface area contributed by atoms with Gasteiger partial charge in [-0.3, -0.25) is 4.79 Å². The molecule has 5 nitrogen and oxygen atoms in total. The number of aromatic nitrogens is 2. The summed E-state index contributed by atoms with van der Waals surface area (Å²) in [5, 5.41) is 8.47. The van der Waals surface area contributed by atoms with Crippen LogP contribution in [0.5, 0.6) is 0 Å². The van der Waals surface area contributed by atoms with Gasteiger partial charge in [0, 0.05) is 29.6 Å². The van der Waals surface area contributed by atoms with Gasteiger partial charge in [0.2, 0.25) is 0 Å². The summed E-state index contributed by atoms with van der Waals surface area (Å²) in [4.78, 5) is 15.5. The van der Waals surface area contributed by atoms with Crippen molar-refractivity contribution in [2.24, 2.45) is 5.73 Å². The van der Waals surface area contributed by atoms with Crippen molar-refractivity contribution in [3.63, 3.8) is 0 Å². The molecular weight excluding hydrogens is 420 g/mol. The quantitative estimate of drug-likeness (QED) is 0.570. The van der Waals surface area contributed by atoms with Gasteiger partial charge in [0.05, 0.1) is 18.0 Å². The number of halogens is 1. The minimum Gasteiger partial charge on any atom is -0.335 e. The summed E-state index contributed by atoms with van der Waals surface area (Å²) in [7, 11) is 0. The van der Waals surface area contributed by atoms with Crippen molar-refractivity contribution >= 4 is 17.5 Å². The van der Waals surface area contributed by atoms with Crippen LogP contribution in [0.15, 0.2) is 73.1 Å². The number of carbonyl (C=O) groups is 1. The zero-order valence-electron chi connectivity index (χ0n) is 18.2. The molecule has 6 heteroatoms. The zero-order valence-corrected chi connectivity index (χ0v) is 18.9. The molecule has 0 radical (unpaired) electrons. The smallest absolute Gasteiger partial charge is 0.255 e. The van der Waals surface area contributed by atoms with Crippen LogP contribution in [-0.2, 0) is 11.8 Å². The highest BCUT2D eigenvalue weighted by molar-refractivity contribution is 6.30. The van der Waals surface area contributed by atoms with Gasteiger partial charge in [0.1, 0.15) is 0 Å². The van der Waals surface area contributed by atoms with E-state index >= 15 is 0 Å². The molecule has 1 heterocycles. The number of hydrogen-bond donors (Lipinski definition) is 1. The van der Waals surface area contributed by atoms with Crippen molar-refractivity contribution < 1.29 is 4.79 Å². The molecule has 0 bridgehead atoms. The number of nitrogens with zero attached hydrogens (tertiary/aromatic N) is 3. The Morgan fingerprint density at radius 3 is 2.50 bits per heavy atom. The first-order valence-corrected chi connectivity index (χ1v) is 11.6. The average molecular weight is 449 g/mol. The van der Waals surface area contributed by atoms with Gasteiger partial charge in [-0.25, -0.2) is 0 Å². The molecule has 1 aliphatic rings. The Hall–Kier alpha value is -2.76.